The standard InChI is InChI=1S/C24H21N3O4S/c1-15(28)25-18-9-10-19-22(13-18)32-24(26-19)27-23(29)17-8-11-20(21(12-17)30-2)31-14-16-6-4-3-5-7-16/h3-13H,14H2,1-2H3,(H,25,28)(H,26,27,29). The van der Waals surface area contributed by atoms with E-state index in [-0.39, 0.29) is 11.8 Å². The molecule has 2 N–H and O–H groups in total. The summed E-state index contributed by atoms with van der Waals surface area (Å²) in [5, 5.41) is 6.03. The largest absolute Gasteiger partial charge is 0.493 e. The summed E-state index contributed by atoms with van der Waals surface area (Å²) in [4.78, 5) is 28.5. The lowest BCUT2D eigenvalue weighted by molar-refractivity contribution is -0.114. The van der Waals surface area contributed by atoms with Crippen molar-refractivity contribution in [2.24, 2.45) is 0 Å². The van der Waals surface area contributed by atoms with Crippen LogP contribution in [0.25, 0.3) is 10.2 Å². The number of thiazole rings is 1. The second-order valence-corrected chi connectivity index (χ2v) is 8.01. The maximum absolute atomic E-state index is 12.8. The summed E-state index contributed by atoms with van der Waals surface area (Å²) in [6, 6.07) is 20.2. The molecule has 32 heavy (non-hydrogen) atoms. The van der Waals surface area contributed by atoms with Crippen LogP contribution in [0, 0.1) is 0 Å². The molecule has 0 atom stereocenters. The van der Waals surface area contributed by atoms with Gasteiger partial charge in [-0.2, -0.15) is 0 Å². The summed E-state index contributed by atoms with van der Waals surface area (Å²) in [5.41, 5.74) is 2.88. The molecule has 0 unspecified atom stereocenters. The van der Waals surface area contributed by atoms with Gasteiger partial charge in [0.1, 0.15) is 6.61 Å². The average Bonchev–Trinajstić information content (AvgIpc) is 3.19. The van der Waals surface area contributed by atoms with Crippen LogP contribution < -0.4 is 20.1 Å². The molecule has 1 heterocycles. The molecule has 3 aromatic carbocycles. The molecule has 4 aromatic rings. The van der Waals surface area contributed by atoms with Crippen molar-refractivity contribution in [3.63, 3.8) is 0 Å². The molecule has 0 radical (unpaired) electrons. The molecule has 4 rings (SSSR count). The fraction of sp³-hybridized carbons (Fsp3) is 0.125. The monoisotopic (exact) mass is 447 g/mol. The molecular weight excluding hydrogens is 426 g/mol. The molecular formula is C24H21N3O4S. The number of rotatable bonds is 7. The van der Waals surface area contributed by atoms with Crippen LogP contribution in [0.4, 0.5) is 10.8 Å². The molecule has 0 saturated heterocycles. The lowest BCUT2D eigenvalue weighted by Gasteiger charge is -2.12. The van der Waals surface area contributed by atoms with E-state index in [1.165, 1.54) is 25.4 Å². The van der Waals surface area contributed by atoms with Gasteiger partial charge in [-0.3, -0.25) is 14.9 Å². The fourth-order valence-electron chi connectivity index (χ4n) is 3.09. The third-order valence-corrected chi connectivity index (χ3v) is 5.53. The molecule has 7 nitrogen and oxygen atoms in total. The van der Waals surface area contributed by atoms with Crippen molar-refractivity contribution in [1.29, 1.82) is 0 Å². The Bertz CT molecular complexity index is 1270. The molecule has 162 valence electrons. The Hall–Kier alpha value is -3.91. The smallest absolute Gasteiger partial charge is 0.257 e. The lowest BCUT2D eigenvalue weighted by atomic mass is 10.2. The zero-order chi connectivity index (χ0) is 22.5. The van der Waals surface area contributed by atoms with Gasteiger partial charge in [-0.15, -0.1) is 0 Å². The fourth-order valence-corrected chi connectivity index (χ4v) is 3.99. The molecule has 0 aliphatic carbocycles. The average molecular weight is 448 g/mol. The van der Waals surface area contributed by atoms with E-state index < -0.39 is 0 Å². The van der Waals surface area contributed by atoms with E-state index in [4.69, 9.17) is 9.47 Å². The first-order chi connectivity index (χ1) is 15.5. The van der Waals surface area contributed by atoms with Crippen molar-refractivity contribution in [1.82, 2.24) is 4.98 Å². The van der Waals surface area contributed by atoms with Crippen LogP contribution in [-0.2, 0) is 11.4 Å². The van der Waals surface area contributed by atoms with Crippen molar-refractivity contribution in [3.05, 3.63) is 77.9 Å². The number of methoxy groups -OCH3 is 1. The van der Waals surface area contributed by atoms with Gasteiger partial charge in [0.25, 0.3) is 5.91 Å². The zero-order valence-electron chi connectivity index (χ0n) is 17.5. The van der Waals surface area contributed by atoms with Crippen LogP contribution in [0.15, 0.2) is 66.7 Å². The summed E-state index contributed by atoms with van der Waals surface area (Å²) in [7, 11) is 1.53. The van der Waals surface area contributed by atoms with Crippen LogP contribution >= 0.6 is 11.3 Å². The Balaban J connectivity index is 1.47. The minimum atomic E-state index is -0.306. The third kappa shape index (κ3) is 5.04. The number of ether oxygens (including phenoxy) is 2. The van der Waals surface area contributed by atoms with E-state index in [1.54, 1.807) is 30.3 Å². The van der Waals surface area contributed by atoms with Gasteiger partial charge in [0.2, 0.25) is 5.91 Å². The molecule has 0 aliphatic heterocycles. The first-order valence-electron chi connectivity index (χ1n) is 9.86. The predicted octanol–water partition coefficient (Wildman–Crippen LogP) is 5.09. The number of aromatic nitrogens is 1. The summed E-state index contributed by atoms with van der Waals surface area (Å²) < 4.78 is 12.1. The predicted molar refractivity (Wildman–Crippen MR) is 126 cm³/mol. The maximum Gasteiger partial charge on any atom is 0.257 e. The number of fused-ring (bicyclic) bond motifs is 1. The molecule has 0 saturated carbocycles. The molecule has 0 aliphatic rings. The minimum Gasteiger partial charge on any atom is -0.493 e. The topological polar surface area (TPSA) is 89.5 Å². The summed E-state index contributed by atoms with van der Waals surface area (Å²) in [6.07, 6.45) is 0. The summed E-state index contributed by atoms with van der Waals surface area (Å²) >= 11 is 1.33. The molecule has 8 heteroatoms. The minimum absolute atomic E-state index is 0.146. The third-order valence-electron chi connectivity index (χ3n) is 4.59. The lowest BCUT2D eigenvalue weighted by Crippen LogP contribution is -2.12. The summed E-state index contributed by atoms with van der Waals surface area (Å²) in [5.74, 6) is 0.572. The van der Waals surface area contributed by atoms with Gasteiger partial charge in [0.05, 0.1) is 17.3 Å². The first-order valence-corrected chi connectivity index (χ1v) is 10.7. The Morgan fingerprint density at radius 1 is 0.969 bits per heavy atom. The normalized spacial score (nSPS) is 10.6. The van der Waals surface area contributed by atoms with Crippen LogP contribution in [0.2, 0.25) is 0 Å². The number of benzene rings is 3. The van der Waals surface area contributed by atoms with Crippen LogP contribution in [0.1, 0.15) is 22.8 Å². The van der Waals surface area contributed by atoms with Gasteiger partial charge in [-0.25, -0.2) is 4.98 Å². The molecule has 0 bridgehead atoms. The highest BCUT2D eigenvalue weighted by atomic mass is 32.1. The van der Waals surface area contributed by atoms with Gasteiger partial charge in [0.15, 0.2) is 16.6 Å². The van der Waals surface area contributed by atoms with E-state index >= 15 is 0 Å². The number of anilines is 2. The second-order valence-electron chi connectivity index (χ2n) is 6.98. The van der Waals surface area contributed by atoms with Gasteiger partial charge in [-0.05, 0) is 42.0 Å². The number of amides is 2. The van der Waals surface area contributed by atoms with Gasteiger partial charge in [0, 0.05) is 18.2 Å². The van der Waals surface area contributed by atoms with Crippen molar-refractivity contribution < 1.29 is 19.1 Å². The van der Waals surface area contributed by atoms with Crippen molar-refractivity contribution in [3.8, 4) is 11.5 Å². The van der Waals surface area contributed by atoms with Crippen molar-refractivity contribution in [2.75, 3.05) is 17.7 Å². The number of carbonyl (C=O) groups is 2. The Kier molecular flexibility index (Phi) is 6.32. The highest BCUT2D eigenvalue weighted by Gasteiger charge is 2.14. The Morgan fingerprint density at radius 3 is 2.53 bits per heavy atom. The van der Waals surface area contributed by atoms with E-state index in [0.29, 0.717) is 34.5 Å². The van der Waals surface area contributed by atoms with E-state index in [0.717, 1.165) is 15.8 Å². The summed E-state index contributed by atoms with van der Waals surface area (Å²) in [6.45, 7) is 1.85. The number of hydrogen-bond donors (Lipinski definition) is 2. The van der Waals surface area contributed by atoms with E-state index in [1.807, 2.05) is 36.4 Å². The number of nitrogens with zero attached hydrogens (tertiary/aromatic N) is 1. The molecule has 1 aromatic heterocycles. The second kappa shape index (κ2) is 9.49. The van der Waals surface area contributed by atoms with Crippen LogP contribution in [0.5, 0.6) is 11.5 Å². The quantitative estimate of drug-likeness (QED) is 0.412. The SMILES string of the molecule is COc1cc(C(=O)Nc2nc3ccc(NC(C)=O)cc3s2)ccc1OCc1ccccc1. The highest BCUT2D eigenvalue weighted by molar-refractivity contribution is 7.22. The Morgan fingerprint density at radius 2 is 1.78 bits per heavy atom. The maximum atomic E-state index is 12.8. The van der Waals surface area contributed by atoms with Crippen LogP contribution in [0.3, 0.4) is 0 Å². The van der Waals surface area contributed by atoms with E-state index in [9.17, 15) is 9.59 Å². The molecule has 0 spiro atoms. The number of nitrogens with one attached hydrogen (secondary N) is 2. The zero-order valence-corrected chi connectivity index (χ0v) is 18.4. The highest BCUT2D eigenvalue weighted by Crippen LogP contribution is 2.31. The molecule has 2 amide bonds. The van der Waals surface area contributed by atoms with Gasteiger partial charge in [-0.1, -0.05) is 41.7 Å². The number of carbonyl (C=O) groups excluding carboxylic acids is 2. The first kappa shape index (κ1) is 21.3. The van der Waals surface area contributed by atoms with Gasteiger partial charge < -0.3 is 14.8 Å². The van der Waals surface area contributed by atoms with Crippen LogP contribution in [-0.4, -0.2) is 23.9 Å². The van der Waals surface area contributed by atoms with E-state index in [2.05, 4.69) is 15.6 Å². The van der Waals surface area contributed by atoms with Gasteiger partial charge >= 0.3 is 0 Å². The molecule has 0 fully saturated rings. The van der Waals surface area contributed by atoms with Crippen molar-refractivity contribution in [2.45, 2.75) is 13.5 Å². The Labute approximate surface area is 189 Å². The number of hydrogen-bond acceptors (Lipinski definition) is 6. The van der Waals surface area contributed by atoms with Crippen molar-refractivity contribution >= 4 is 44.2 Å².